The van der Waals surface area contributed by atoms with Gasteiger partial charge in [0.05, 0.1) is 22.7 Å². The van der Waals surface area contributed by atoms with Gasteiger partial charge in [-0.05, 0) is 361 Å². The molecule has 0 atom stereocenters. The van der Waals surface area contributed by atoms with Crippen LogP contribution in [-0.4, -0.2) is 7.64 Å². The third-order valence-electron chi connectivity index (χ3n) is 28.9. The molecule has 5 nitrogen and oxygen atoms in total. The monoisotopic (exact) mass is 1740 g/mol. The summed E-state index contributed by atoms with van der Waals surface area (Å²) in [5.74, 6) is 0. The summed E-state index contributed by atoms with van der Waals surface area (Å²) in [6.07, 6.45) is 15.1. The van der Waals surface area contributed by atoms with Crippen LogP contribution in [-0.2, 0) is 43.3 Å². The first-order valence-electron chi connectivity index (χ1n) is 44.4. The number of anilines is 12. The molecule has 0 amide bonds. The van der Waals surface area contributed by atoms with E-state index in [1.807, 2.05) is 0 Å². The van der Waals surface area contributed by atoms with Gasteiger partial charge in [0, 0.05) is 76.1 Å². The van der Waals surface area contributed by atoms with E-state index in [2.05, 4.69) is 445 Å². The van der Waals surface area contributed by atoms with Crippen molar-refractivity contribution in [2.45, 2.75) is 259 Å². The number of halogens is 2. The third-order valence-corrected chi connectivity index (χ3v) is 29.9. The van der Waals surface area contributed by atoms with Gasteiger partial charge in [0.25, 0.3) is 0 Å². The maximum absolute atomic E-state index is 4.34. The van der Waals surface area contributed by atoms with Crippen LogP contribution < -0.4 is 19.6 Å². The molecule has 12 aromatic rings. The molecular formula is C112H123BBr2N5S. The number of aryl methyl sites for hydroxylation is 8. The van der Waals surface area contributed by atoms with E-state index in [4.69, 9.17) is 0 Å². The number of benzene rings is 12. The summed E-state index contributed by atoms with van der Waals surface area (Å²) in [6, 6.07) is 89.3. The van der Waals surface area contributed by atoms with E-state index in [1.54, 1.807) is 22.3 Å². The van der Waals surface area contributed by atoms with Crippen LogP contribution in [0.2, 0.25) is 0 Å². The van der Waals surface area contributed by atoms with Crippen molar-refractivity contribution in [3.63, 3.8) is 0 Å². The molecule has 121 heavy (non-hydrogen) atoms. The van der Waals surface area contributed by atoms with Gasteiger partial charge in [0.15, 0.2) is 0 Å². The summed E-state index contributed by atoms with van der Waals surface area (Å²) >= 11 is 10.6. The summed E-state index contributed by atoms with van der Waals surface area (Å²) in [4.78, 5) is 10.2. The van der Waals surface area contributed by atoms with E-state index in [0.717, 1.165) is 8.95 Å². The Morgan fingerprint density at radius 2 is 0.438 bits per heavy atom. The average Bonchev–Trinajstić information content (AvgIpc) is 1.54. The van der Waals surface area contributed by atoms with Crippen LogP contribution in [0.15, 0.2) is 244 Å². The second kappa shape index (κ2) is 32.3. The van der Waals surface area contributed by atoms with Gasteiger partial charge in [-0.25, -0.2) is 0 Å². The molecule has 0 spiro atoms. The van der Waals surface area contributed by atoms with Gasteiger partial charge in [-0.1, -0.05) is 250 Å². The van der Waals surface area contributed by atoms with Crippen LogP contribution in [0.4, 0.5) is 68.2 Å². The second-order valence-electron chi connectivity index (χ2n) is 40.6. The van der Waals surface area contributed by atoms with Crippen molar-refractivity contribution in [2.75, 3.05) is 19.6 Å². The summed E-state index contributed by atoms with van der Waals surface area (Å²) < 4.78 is 4.88. The summed E-state index contributed by atoms with van der Waals surface area (Å²) in [5, 5.41) is 0. The molecule has 0 aliphatic heterocycles. The Hall–Kier alpha value is -8.99. The van der Waals surface area contributed by atoms with Gasteiger partial charge >= 0.3 is 24.8 Å². The zero-order valence-corrected chi connectivity index (χ0v) is 79.5. The third kappa shape index (κ3) is 15.0. The van der Waals surface area contributed by atoms with Crippen molar-refractivity contribution in [3.05, 3.63) is 328 Å². The Morgan fingerprint density at radius 1 is 0.264 bits per heavy atom. The minimum atomic E-state index is 0.0762. The van der Waals surface area contributed by atoms with Crippen molar-refractivity contribution in [3.8, 4) is 22.3 Å². The zero-order chi connectivity index (χ0) is 86.0. The number of hydrogen-bond donors (Lipinski definition) is 1. The average molecular weight is 1740 g/mol. The number of para-hydroxylation sites is 2. The molecule has 0 heterocycles. The predicted octanol–water partition coefficient (Wildman–Crippen LogP) is 33.7. The van der Waals surface area contributed by atoms with E-state index in [-0.39, 0.29) is 43.3 Å². The Labute approximate surface area is 748 Å². The quantitative estimate of drug-likeness (QED) is 0.0974. The van der Waals surface area contributed by atoms with Crippen LogP contribution in [0.25, 0.3) is 22.3 Å². The van der Waals surface area contributed by atoms with E-state index in [0.29, 0.717) is 0 Å². The molecule has 4 saturated carbocycles. The summed E-state index contributed by atoms with van der Waals surface area (Å²) in [6.45, 7) is 46.2. The van der Waals surface area contributed by atoms with Crippen molar-refractivity contribution in [1.29, 1.82) is 0 Å². The number of fused-ring (bicyclic) bond motifs is 6. The van der Waals surface area contributed by atoms with Gasteiger partial charge in [0.1, 0.15) is 0 Å². The Kier molecular flexibility index (Phi) is 22.8. The predicted molar refractivity (Wildman–Crippen MR) is 530 cm³/mol. The van der Waals surface area contributed by atoms with E-state index < -0.39 is 0 Å². The number of rotatable bonds is 12. The molecule has 9 heteroatoms. The molecule has 6 aliphatic rings. The van der Waals surface area contributed by atoms with Crippen LogP contribution in [0.5, 0.6) is 0 Å². The van der Waals surface area contributed by atoms with Crippen molar-refractivity contribution < 1.29 is 0 Å². The number of hydrogen-bond acceptors (Lipinski definition) is 6. The van der Waals surface area contributed by atoms with E-state index in [9.17, 15) is 0 Å². The Bertz CT molecular complexity index is 5500. The van der Waals surface area contributed by atoms with Gasteiger partial charge in [-0.3, -0.25) is 0 Å². The fourth-order valence-electron chi connectivity index (χ4n) is 23.4. The summed E-state index contributed by atoms with van der Waals surface area (Å²) in [5.41, 5.74) is 43.8. The Balaban J connectivity index is 0.000000174. The van der Waals surface area contributed by atoms with E-state index >= 15 is 0 Å². The van der Waals surface area contributed by atoms with Crippen molar-refractivity contribution in [1.82, 2.24) is 0 Å². The van der Waals surface area contributed by atoms with Gasteiger partial charge < -0.3 is 19.6 Å². The molecule has 1 radical (unpaired) electrons. The van der Waals surface area contributed by atoms with E-state index in [1.165, 1.54) is 234 Å². The first-order valence-corrected chi connectivity index (χ1v) is 46.4. The molecule has 6 aliphatic carbocycles. The van der Waals surface area contributed by atoms with Crippen LogP contribution in [0.3, 0.4) is 0 Å². The zero-order valence-electron chi connectivity index (χ0n) is 75.4. The number of nitrogens with zero attached hydrogens (tertiary/aromatic N) is 5. The molecule has 0 unspecified atom stereocenters. The topological polar surface area (TPSA) is 25.3 Å². The molecule has 0 saturated heterocycles. The van der Waals surface area contributed by atoms with Crippen LogP contribution in [0, 0.1) is 55.4 Å². The minimum absolute atomic E-state index is 0.0762. The van der Waals surface area contributed by atoms with Crippen molar-refractivity contribution >= 4 is 121 Å². The first-order chi connectivity index (χ1) is 57.5. The van der Waals surface area contributed by atoms with Crippen LogP contribution in [0.1, 0.15) is 249 Å². The summed E-state index contributed by atoms with van der Waals surface area (Å²) in [7, 11) is 4.34. The van der Waals surface area contributed by atoms with Crippen molar-refractivity contribution in [2.24, 2.45) is 4.30 Å². The Morgan fingerprint density at radius 3 is 0.620 bits per heavy atom. The molecular weight excluding hydrogens is 1620 g/mol. The number of thiol groups is 1. The SMILES string of the molecule is Cc1cc(C(C)(C)C)cc(C)c1N(c1ccc(Br)cc1)c1ccc2c(c1)C13CCCC1(CCC3)c1cc(N(c3ccc(Br)cc3)c3c(C)cc(C(C)(C)C)cc3C)ccc1-2.Cc1cc(C(C)(C)C)cc(C)c1N(c1ccccc1)c1ccc2c(c1)C13CCCC1(CCC3)c1cc(N(c3ccccc3)c3c(C)cc(C(C)(C)C)cc3C)ccc1-2.[B]=NS. The molecule has 0 bridgehead atoms. The normalized spacial score (nSPS) is 19.1. The molecule has 18 rings (SSSR count). The molecule has 619 valence electrons. The fraction of sp³-hybridized carbons (Fsp3) is 0.357. The molecule has 12 aromatic carbocycles. The molecule has 0 N–H and O–H groups in total. The standard InChI is InChI=1S/C56H60Br2N2.C56H62N2.BHNS/c1-35-29-39(53(5,6)7)30-36(2)51(35)59(43-17-13-41(57)14-18-43)45-21-23-47-48-24-22-46(34-50(48)56-27-11-25-55(56,26-12-28-56)49(47)33-45)60(44-19-15-42(58)16-20-44)52-37(3)31-40(32-38(52)4)54(8,9)10;1-37-31-41(53(5,6)7)32-38(2)51(37)57(43-19-13-11-14-20-43)45-23-25-47-48-26-24-46(36-50(48)56-29-17-27-55(56,28-18-30-56)49(47)35-45)58(44-21-15-12-16-22-44)52-39(3)33-42(34-40(52)4)54(8,9)10;1-2-3/h13-24,29-34H,11-12,25-28H2,1-10H3;11-16,19-26,31-36H,17-18,27-30H2,1-10H3;3H. The van der Waals surface area contributed by atoms with Gasteiger partial charge in [-0.15, -0.1) is 0 Å². The maximum atomic E-state index is 4.34. The van der Waals surface area contributed by atoms with Crippen LogP contribution >= 0.6 is 44.7 Å². The first kappa shape index (κ1) is 85.6. The fourth-order valence-corrected chi connectivity index (χ4v) is 24.0. The molecule has 4 fully saturated rings. The second-order valence-corrected chi connectivity index (χ2v) is 42.6. The van der Waals surface area contributed by atoms with Gasteiger partial charge in [0.2, 0.25) is 0 Å². The van der Waals surface area contributed by atoms with Gasteiger partial charge in [-0.2, -0.15) is 0 Å². The molecule has 0 aromatic heterocycles.